The number of aliphatic imine (C=N–C) groups is 1. The summed E-state index contributed by atoms with van der Waals surface area (Å²) in [6.07, 6.45) is 6.95. The lowest BCUT2D eigenvalue weighted by atomic mass is 9.97. The largest absolute Gasteiger partial charge is 0.268 e. The molecule has 1 aliphatic carbocycles. The number of hydrogen-bond acceptors (Lipinski definition) is 3. The number of aryl methyl sites for hydroxylation is 1. The SMILES string of the molecule is CC(=N[C@H]1CCCCCC[C@@H]1Br)NS(=O)(=O)c1ccc(C)cc1. The molecule has 1 aromatic carbocycles. The summed E-state index contributed by atoms with van der Waals surface area (Å²) in [6.45, 7) is 3.66. The third-order valence-electron chi connectivity index (χ3n) is 4.12. The van der Waals surface area contributed by atoms with Gasteiger partial charge in [-0.05, 0) is 38.8 Å². The molecule has 0 radical (unpaired) electrons. The fraction of sp³-hybridized carbons (Fsp3) is 0.588. The molecular weight excluding hydrogens is 376 g/mol. The molecule has 4 nitrogen and oxygen atoms in total. The Kier molecular flexibility index (Phi) is 6.65. The van der Waals surface area contributed by atoms with Gasteiger partial charge in [0.15, 0.2) is 0 Å². The molecule has 2 rings (SSSR count). The highest BCUT2D eigenvalue weighted by Crippen LogP contribution is 2.25. The maximum Gasteiger partial charge on any atom is 0.262 e. The van der Waals surface area contributed by atoms with Crippen LogP contribution in [0.15, 0.2) is 34.2 Å². The van der Waals surface area contributed by atoms with E-state index in [9.17, 15) is 8.42 Å². The fourth-order valence-corrected chi connectivity index (χ4v) is 4.57. The van der Waals surface area contributed by atoms with Gasteiger partial charge in [-0.1, -0.05) is 59.3 Å². The van der Waals surface area contributed by atoms with E-state index in [-0.39, 0.29) is 10.9 Å². The molecular formula is C17H25BrN2O2S. The zero-order valence-electron chi connectivity index (χ0n) is 13.8. The van der Waals surface area contributed by atoms with Gasteiger partial charge >= 0.3 is 0 Å². The molecule has 1 N–H and O–H groups in total. The van der Waals surface area contributed by atoms with E-state index in [0.29, 0.717) is 10.7 Å². The minimum atomic E-state index is -3.56. The highest BCUT2D eigenvalue weighted by atomic mass is 79.9. The van der Waals surface area contributed by atoms with Gasteiger partial charge in [-0.15, -0.1) is 0 Å². The topological polar surface area (TPSA) is 58.5 Å². The van der Waals surface area contributed by atoms with E-state index < -0.39 is 10.0 Å². The molecule has 0 saturated heterocycles. The Morgan fingerprint density at radius 3 is 2.39 bits per heavy atom. The van der Waals surface area contributed by atoms with Crippen LogP contribution in [0.1, 0.15) is 51.0 Å². The summed E-state index contributed by atoms with van der Waals surface area (Å²) in [5.74, 6) is 0.459. The average Bonchev–Trinajstić information content (AvgIpc) is 2.47. The minimum Gasteiger partial charge on any atom is -0.268 e. The summed E-state index contributed by atoms with van der Waals surface area (Å²) in [7, 11) is -3.56. The normalized spacial score (nSPS) is 23.9. The summed E-state index contributed by atoms with van der Waals surface area (Å²) in [5, 5.41) is 0. The maximum absolute atomic E-state index is 12.4. The van der Waals surface area contributed by atoms with Gasteiger partial charge in [-0.25, -0.2) is 8.42 Å². The number of halogens is 1. The van der Waals surface area contributed by atoms with E-state index in [1.165, 1.54) is 19.3 Å². The van der Waals surface area contributed by atoms with E-state index >= 15 is 0 Å². The van der Waals surface area contributed by atoms with E-state index in [0.717, 1.165) is 24.8 Å². The molecule has 0 amide bonds. The molecule has 0 heterocycles. The monoisotopic (exact) mass is 400 g/mol. The number of sulfonamides is 1. The van der Waals surface area contributed by atoms with Crippen LogP contribution in [-0.2, 0) is 10.0 Å². The van der Waals surface area contributed by atoms with Gasteiger partial charge in [0.2, 0.25) is 0 Å². The van der Waals surface area contributed by atoms with Crippen molar-refractivity contribution in [1.29, 1.82) is 0 Å². The highest BCUT2D eigenvalue weighted by Gasteiger charge is 2.21. The predicted molar refractivity (Wildman–Crippen MR) is 98.8 cm³/mol. The van der Waals surface area contributed by atoms with Gasteiger partial charge in [0.25, 0.3) is 10.0 Å². The highest BCUT2D eigenvalue weighted by molar-refractivity contribution is 9.09. The summed E-state index contributed by atoms with van der Waals surface area (Å²) < 4.78 is 27.4. The van der Waals surface area contributed by atoms with Crippen molar-refractivity contribution in [2.24, 2.45) is 4.99 Å². The Bertz CT molecular complexity index is 641. The Balaban J connectivity index is 2.09. The van der Waals surface area contributed by atoms with Crippen LogP contribution in [0.25, 0.3) is 0 Å². The molecule has 1 fully saturated rings. The van der Waals surface area contributed by atoms with Crippen LogP contribution in [0.2, 0.25) is 0 Å². The van der Waals surface area contributed by atoms with Crippen molar-refractivity contribution in [2.45, 2.75) is 68.1 Å². The van der Waals surface area contributed by atoms with Crippen molar-refractivity contribution >= 4 is 31.8 Å². The number of nitrogens with zero attached hydrogens (tertiary/aromatic N) is 1. The van der Waals surface area contributed by atoms with Crippen LogP contribution in [0.5, 0.6) is 0 Å². The van der Waals surface area contributed by atoms with Crippen molar-refractivity contribution < 1.29 is 8.42 Å². The summed E-state index contributed by atoms with van der Waals surface area (Å²) in [4.78, 5) is 5.22. The molecule has 0 aliphatic heterocycles. The quantitative estimate of drug-likeness (QED) is 0.469. The zero-order chi connectivity index (χ0) is 16.9. The van der Waals surface area contributed by atoms with Crippen LogP contribution in [0.3, 0.4) is 0 Å². The molecule has 1 aromatic rings. The number of rotatable bonds is 3. The second kappa shape index (κ2) is 8.29. The number of nitrogens with one attached hydrogen (secondary N) is 1. The zero-order valence-corrected chi connectivity index (χ0v) is 16.2. The number of amidine groups is 1. The number of alkyl halides is 1. The van der Waals surface area contributed by atoms with Crippen LogP contribution in [0.4, 0.5) is 0 Å². The fourth-order valence-electron chi connectivity index (χ4n) is 2.81. The van der Waals surface area contributed by atoms with Crippen molar-refractivity contribution in [1.82, 2.24) is 4.72 Å². The first-order valence-electron chi connectivity index (χ1n) is 8.16. The molecule has 6 heteroatoms. The Morgan fingerprint density at radius 1 is 1.13 bits per heavy atom. The van der Waals surface area contributed by atoms with Crippen LogP contribution in [-0.4, -0.2) is 25.1 Å². The third kappa shape index (κ3) is 5.60. The Hall–Kier alpha value is -0.880. The first-order chi connectivity index (χ1) is 10.9. The summed E-state index contributed by atoms with van der Waals surface area (Å²) in [6, 6.07) is 6.97. The smallest absolute Gasteiger partial charge is 0.262 e. The Morgan fingerprint density at radius 2 is 1.74 bits per heavy atom. The van der Waals surface area contributed by atoms with Gasteiger partial charge in [-0.3, -0.25) is 9.71 Å². The standard InChI is InChI=1S/C17H25BrN2O2S/c1-13-9-11-15(12-10-13)23(21,22)20-14(2)19-17-8-6-4-3-5-7-16(17)18/h9-12,16-17H,3-8H2,1-2H3,(H,19,20)/t16-,17-/m0/s1. The van der Waals surface area contributed by atoms with E-state index in [1.807, 2.05) is 6.92 Å². The van der Waals surface area contributed by atoms with Gasteiger partial charge < -0.3 is 0 Å². The van der Waals surface area contributed by atoms with Gasteiger partial charge in [0, 0.05) is 4.83 Å². The van der Waals surface area contributed by atoms with Crippen LogP contribution < -0.4 is 4.72 Å². The van der Waals surface area contributed by atoms with Crippen LogP contribution in [0, 0.1) is 6.92 Å². The second-order valence-corrected chi connectivity index (χ2v) is 9.07. The average molecular weight is 401 g/mol. The first-order valence-corrected chi connectivity index (χ1v) is 10.6. The molecule has 1 saturated carbocycles. The molecule has 128 valence electrons. The third-order valence-corrected chi connectivity index (χ3v) is 6.65. The molecule has 0 aromatic heterocycles. The molecule has 1 aliphatic rings. The van der Waals surface area contributed by atoms with Crippen molar-refractivity contribution in [3.8, 4) is 0 Å². The lowest BCUT2D eigenvalue weighted by molar-refractivity contribution is 0.468. The number of hydrogen-bond donors (Lipinski definition) is 1. The second-order valence-electron chi connectivity index (χ2n) is 6.21. The number of benzene rings is 1. The van der Waals surface area contributed by atoms with E-state index in [4.69, 9.17) is 0 Å². The maximum atomic E-state index is 12.4. The minimum absolute atomic E-state index is 0.135. The van der Waals surface area contributed by atoms with Gasteiger partial charge in [-0.2, -0.15) is 0 Å². The lowest BCUT2D eigenvalue weighted by Gasteiger charge is -2.22. The van der Waals surface area contributed by atoms with Crippen molar-refractivity contribution in [3.63, 3.8) is 0 Å². The molecule has 23 heavy (non-hydrogen) atoms. The van der Waals surface area contributed by atoms with Crippen LogP contribution >= 0.6 is 15.9 Å². The van der Waals surface area contributed by atoms with E-state index in [2.05, 4.69) is 25.6 Å². The Labute approximate surface area is 148 Å². The van der Waals surface area contributed by atoms with E-state index in [1.54, 1.807) is 31.2 Å². The summed E-state index contributed by atoms with van der Waals surface area (Å²) in [5.41, 5.74) is 1.03. The molecule has 0 bridgehead atoms. The molecule has 2 atom stereocenters. The predicted octanol–water partition coefficient (Wildman–Crippen LogP) is 4.18. The summed E-state index contributed by atoms with van der Waals surface area (Å²) >= 11 is 3.72. The van der Waals surface area contributed by atoms with Crippen molar-refractivity contribution in [3.05, 3.63) is 29.8 Å². The lowest BCUT2D eigenvalue weighted by Crippen LogP contribution is -2.31. The van der Waals surface area contributed by atoms with Crippen molar-refractivity contribution in [2.75, 3.05) is 0 Å². The molecule has 0 unspecified atom stereocenters. The molecule has 0 spiro atoms. The first kappa shape index (κ1) is 18.5. The van der Waals surface area contributed by atoms with Gasteiger partial charge in [0.05, 0.1) is 10.9 Å². The van der Waals surface area contributed by atoms with Gasteiger partial charge in [0.1, 0.15) is 5.84 Å².